The molecule has 0 saturated heterocycles. The average Bonchev–Trinajstić information content (AvgIpc) is 2.82. The van der Waals surface area contributed by atoms with Crippen LogP contribution in [-0.4, -0.2) is 27.7 Å². The van der Waals surface area contributed by atoms with Gasteiger partial charge in [0.2, 0.25) is 0 Å². The lowest BCUT2D eigenvalue weighted by molar-refractivity contribution is 0.0671. The van der Waals surface area contributed by atoms with Gasteiger partial charge in [-0.1, -0.05) is 12.8 Å². The Morgan fingerprint density at radius 2 is 2.24 bits per heavy atom. The first-order valence-corrected chi connectivity index (χ1v) is 5.87. The maximum Gasteiger partial charge on any atom is 0.339 e. The van der Waals surface area contributed by atoms with Crippen LogP contribution in [0.5, 0.6) is 0 Å². The molecule has 0 unspecified atom stereocenters. The normalized spacial score (nSPS) is 16.2. The second-order valence-corrected chi connectivity index (χ2v) is 4.35. The van der Waals surface area contributed by atoms with Gasteiger partial charge in [-0.3, -0.25) is 0 Å². The summed E-state index contributed by atoms with van der Waals surface area (Å²) >= 11 is 0. The first-order chi connectivity index (χ1) is 8.27. The van der Waals surface area contributed by atoms with E-state index in [4.69, 9.17) is 9.84 Å². The van der Waals surface area contributed by atoms with Gasteiger partial charge < -0.3 is 9.84 Å². The fourth-order valence-corrected chi connectivity index (χ4v) is 2.15. The molecule has 2 rings (SSSR count). The van der Waals surface area contributed by atoms with Crippen molar-refractivity contribution in [2.24, 2.45) is 5.92 Å². The summed E-state index contributed by atoms with van der Waals surface area (Å²) in [4.78, 5) is 18.6. The minimum absolute atomic E-state index is 0.124. The summed E-state index contributed by atoms with van der Waals surface area (Å²) in [5.41, 5.74) is 0.574. The largest absolute Gasteiger partial charge is 0.478 e. The van der Waals surface area contributed by atoms with E-state index in [9.17, 15) is 4.79 Å². The second kappa shape index (κ2) is 5.72. The number of carboxylic acids is 1. The fourth-order valence-electron chi connectivity index (χ4n) is 2.15. The van der Waals surface area contributed by atoms with Gasteiger partial charge in [-0.25, -0.2) is 14.8 Å². The number of nitrogens with zero attached hydrogens (tertiary/aromatic N) is 2. The van der Waals surface area contributed by atoms with Crippen LogP contribution in [0, 0.1) is 5.92 Å². The van der Waals surface area contributed by atoms with E-state index >= 15 is 0 Å². The quantitative estimate of drug-likeness (QED) is 0.845. The topological polar surface area (TPSA) is 72.3 Å². The van der Waals surface area contributed by atoms with Crippen molar-refractivity contribution >= 4 is 5.97 Å². The monoisotopic (exact) mass is 236 g/mol. The number of hydrogen-bond donors (Lipinski definition) is 1. The minimum atomic E-state index is -1.01. The number of aromatic carboxylic acids is 1. The molecule has 17 heavy (non-hydrogen) atoms. The summed E-state index contributed by atoms with van der Waals surface area (Å²) in [6.07, 6.45) is 7.65. The summed E-state index contributed by atoms with van der Waals surface area (Å²) < 4.78 is 5.54. The van der Waals surface area contributed by atoms with E-state index in [0.29, 0.717) is 18.2 Å². The number of rotatable bonds is 5. The Balaban J connectivity index is 1.87. The van der Waals surface area contributed by atoms with Gasteiger partial charge in [0.25, 0.3) is 0 Å². The van der Waals surface area contributed by atoms with E-state index in [1.807, 2.05) is 0 Å². The molecular weight excluding hydrogens is 220 g/mol. The van der Waals surface area contributed by atoms with Crippen LogP contribution in [0.4, 0.5) is 0 Å². The molecule has 1 aromatic heterocycles. The zero-order valence-electron chi connectivity index (χ0n) is 9.63. The number of carboxylic acid groups (broad SMARTS) is 1. The van der Waals surface area contributed by atoms with Gasteiger partial charge in [-0.15, -0.1) is 0 Å². The van der Waals surface area contributed by atoms with Crippen LogP contribution in [-0.2, 0) is 11.3 Å². The Labute approximate surface area is 99.9 Å². The van der Waals surface area contributed by atoms with Crippen molar-refractivity contribution in [3.05, 3.63) is 23.8 Å². The molecule has 1 aliphatic rings. The fraction of sp³-hybridized carbons (Fsp3) is 0.583. The molecule has 92 valence electrons. The van der Waals surface area contributed by atoms with Crippen molar-refractivity contribution in [3.63, 3.8) is 0 Å². The molecule has 0 atom stereocenters. The lowest BCUT2D eigenvalue weighted by Crippen LogP contribution is -2.10. The van der Waals surface area contributed by atoms with Crippen molar-refractivity contribution in [1.29, 1.82) is 0 Å². The molecular formula is C12H16N2O3. The third-order valence-corrected chi connectivity index (χ3v) is 3.09. The van der Waals surface area contributed by atoms with E-state index in [0.717, 1.165) is 0 Å². The van der Waals surface area contributed by atoms with E-state index in [1.165, 1.54) is 38.2 Å². The highest BCUT2D eigenvalue weighted by molar-refractivity contribution is 5.88. The molecule has 0 bridgehead atoms. The molecule has 0 radical (unpaired) electrons. The number of ether oxygens (including phenoxy) is 1. The molecule has 0 aliphatic heterocycles. The van der Waals surface area contributed by atoms with Gasteiger partial charge in [-0.2, -0.15) is 0 Å². The molecule has 5 nitrogen and oxygen atoms in total. The summed E-state index contributed by atoms with van der Waals surface area (Å²) in [6, 6.07) is 0. The Hall–Kier alpha value is -1.49. The Bertz CT molecular complexity index is 389. The van der Waals surface area contributed by atoms with E-state index in [2.05, 4.69) is 9.97 Å². The van der Waals surface area contributed by atoms with Gasteiger partial charge in [0.1, 0.15) is 11.9 Å². The molecule has 0 aromatic carbocycles. The molecule has 0 spiro atoms. The van der Waals surface area contributed by atoms with E-state index in [-0.39, 0.29) is 12.2 Å². The van der Waals surface area contributed by atoms with Gasteiger partial charge in [0, 0.05) is 12.8 Å². The molecule has 1 aliphatic carbocycles. The van der Waals surface area contributed by atoms with Crippen LogP contribution < -0.4 is 0 Å². The molecule has 1 N–H and O–H groups in total. The SMILES string of the molecule is O=C(O)c1cncnc1COCC1CCCC1. The zero-order chi connectivity index (χ0) is 12.1. The van der Waals surface area contributed by atoms with Gasteiger partial charge in [-0.05, 0) is 18.8 Å². The van der Waals surface area contributed by atoms with Crippen LogP contribution in [0.15, 0.2) is 12.5 Å². The highest BCUT2D eigenvalue weighted by Crippen LogP contribution is 2.24. The zero-order valence-corrected chi connectivity index (χ0v) is 9.63. The molecule has 1 fully saturated rings. The smallest absolute Gasteiger partial charge is 0.339 e. The van der Waals surface area contributed by atoms with Crippen molar-refractivity contribution in [3.8, 4) is 0 Å². The van der Waals surface area contributed by atoms with Crippen LogP contribution in [0.25, 0.3) is 0 Å². The summed E-state index contributed by atoms with van der Waals surface area (Å²) in [7, 11) is 0. The molecule has 1 aromatic rings. The van der Waals surface area contributed by atoms with Crippen molar-refractivity contribution in [2.75, 3.05) is 6.61 Å². The second-order valence-electron chi connectivity index (χ2n) is 4.35. The van der Waals surface area contributed by atoms with Crippen LogP contribution in [0.3, 0.4) is 0 Å². The molecule has 0 amide bonds. The first kappa shape index (κ1) is 12.0. The average molecular weight is 236 g/mol. The summed E-state index contributed by atoms with van der Waals surface area (Å²) in [5, 5.41) is 8.94. The van der Waals surface area contributed by atoms with E-state index < -0.39 is 5.97 Å². The maximum absolute atomic E-state index is 10.9. The van der Waals surface area contributed by atoms with Gasteiger partial charge in [0.15, 0.2) is 0 Å². The van der Waals surface area contributed by atoms with Gasteiger partial charge >= 0.3 is 5.97 Å². The minimum Gasteiger partial charge on any atom is -0.478 e. The lowest BCUT2D eigenvalue weighted by atomic mass is 10.1. The standard InChI is InChI=1S/C12H16N2O3/c15-12(16)10-5-13-8-14-11(10)7-17-6-9-3-1-2-4-9/h5,8-9H,1-4,6-7H2,(H,15,16). The lowest BCUT2D eigenvalue weighted by Gasteiger charge is -2.10. The molecule has 1 saturated carbocycles. The van der Waals surface area contributed by atoms with Crippen molar-refractivity contribution in [2.45, 2.75) is 32.3 Å². The predicted octanol–water partition coefficient (Wildman–Crippen LogP) is 1.88. The van der Waals surface area contributed by atoms with Crippen LogP contribution in [0.1, 0.15) is 41.7 Å². The third-order valence-electron chi connectivity index (χ3n) is 3.09. The Morgan fingerprint density at radius 1 is 1.47 bits per heavy atom. The molecule has 5 heteroatoms. The van der Waals surface area contributed by atoms with Crippen molar-refractivity contribution < 1.29 is 14.6 Å². The highest BCUT2D eigenvalue weighted by atomic mass is 16.5. The Kier molecular flexibility index (Phi) is 4.03. The van der Waals surface area contributed by atoms with Crippen molar-refractivity contribution in [1.82, 2.24) is 9.97 Å². The number of hydrogen-bond acceptors (Lipinski definition) is 4. The Morgan fingerprint density at radius 3 is 2.94 bits per heavy atom. The predicted molar refractivity (Wildman–Crippen MR) is 60.6 cm³/mol. The third kappa shape index (κ3) is 3.23. The maximum atomic E-state index is 10.9. The number of carbonyl (C=O) groups is 1. The molecule has 1 heterocycles. The summed E-state index contributed by atoms with van der Waals surface area (Å²) in [6.45, 7) is 0.948. The van der Waals surface area contributed by atoms with Gasteiger partial charge in [0.05, 0.1) is 12.3 Å². The summed E-state index contributed by atoms with van der Waals surface area (Å²) in [5.74, 6) is -0.379. The number of aromatic nitrogens is 2. The van der Waals surface area contributed by atoms with E-state index in [1.54, 1.807) is 0 Å². The highest BCUT2D eigenvalue weighted by Gasteiger charge is 2.16. The van der Waals surface area contributed by atoms with Crippen LogP contribution in [0.2, 0.25) is 0 Å². The van der Waals surface area contributed by atoms with Crippen LogP contribution >= 0.6 is 0 Å². The first-order valence-electron chi connectivity index (χ1n) is 5.87.